The lowest BCUT2D eigenvalue weighted by Gasteiger charge is -2.13. The molecule has 0 saturated heterocycles. The Morgan fingerprint density at radius 2 is 2.33 bits per heavy atom. The largest absolute Gasteiger partial charge is 0.265 e. The minimum absolute atomic E-state index is 0.535. The fourth-order valence-electron chi connectivity index (χ4n) is 1.60. The second kappa shape index (κ2) is 6.39. The summed E-state index contributed by atoms with van der Waals surface area (Å²) in [6, 6.07) is 0. The van der Waals surface area contributed by atoms with E-state index in [4.69, 9.17) is 0 Å². The number of aliphatic imine (C=N–C) groups is 1. The third-order valence-corrected chi connectivity index (χ3v) is 2.56. The molecule has 0 aromatic carbocycles. The Balaban J connectivity index is 2.66. The molecule has 1 aliphatic carbocycles. The molecule has 1 nitrogen and oxygen atoms in total. The number of hydrogen-bond acceptors (Lipinski definition) is 1. The summed E-state index contributed by atoms with van der Waals surface area (Å²) in [5.74, 6) is 0.535. The number of rotatable bonds is 4. The van der Waals surface area contributed by atoms with E-state index in [0.717, 1.165) is 6.42 Å². The minimum Gasteiger partial charge on any atom is -0.265 e. The van der Waals surface area contributed by atoms with Crippen LogP contribution >= 0.6 is 0 Å². The van der Waals surface area contributed by atoms with Crippen molar-refractivity contribution in [1.29, 1.82) is 0 Å². The molecule has 0 radical (unpaired) electrons. The van der Waals surface area contributed by atoms with Crippen LogP contribution in [0.5, 0.6) is 0 Å². The van der Waals surface area contributed by atoms with Gasteiger partial charge in [0, 0.05) is 18.3 Å². The summed E-state index contributed by atoms with van der Waals surface area (Å²) in [6.45, 7) is 6.42. The van der Waals surface area contributed by atoms with E-state index in [-0.39, 0.29) is 0 Å². The van der Waals surface area contributed by atoms with Gasteiger partial charge < -0.3 is 0 Å². The number of nitrogens with zero attached hydrogens (tertiary/aromatic N) is 1. The molecule has 0 aromatic heterocycles. The van der Waals surface area contributed by atoms with Gasteiger partial charge in [0.15, 0.2) is 0 Å². The smallest absolute Gasteiger partial charge is 0.0244 e. The van der Waals surface area contributed by atoms with E-state index in [0.29, 0.717) is 5.92 Å². The molecule has 0 unspecified atom stereocenters. The molecule has 1 rings (SSSR count). The first-order valence-electron chi connectivity index (χ1n) is 5.76. The molecule has 0 amide bonds. The predicted octanol–water partition coefficient (Wildman–Crippen LogP) is 4.28. The quantitative estimate of drug-likeness (QED) is 0.605. The van der Waals surface area contributed by atoms with Gasteiger partial charge in [0.1, 0.15) is 0 Å². The normalized spacial score (nSPS) is 17.6. The topological polar surface area (TPSA) is 12.4 Å². The monoisotopic (exact) mass is 203 g/mol. The average Bonchev–Trinajstić information content (AvgIpc) is 2.25. The van der Waals surface area contributed by atoms with Gasteiger partial charge in [-0.2, -0.15) is 0 Å². The molecular weight excluding hydrogens is 182 g/mol. The Morgan fingerprint density at radius 1 is 1.53 bits per heavy atom. The van der Waals surface area contributed by atoms with Gasteiger partial charge in [0.2, 0.25) is 0 Å². The van der Waals surface area contributed by atoms with Gasteiger partial charge >= 0.3 is 0 Å². The van der Waals surface area contributed by atoms with E-state index in [1.165, 1.54) is 24.1 Å². The van der Waals surface area contributed by atoms with Crippen LogP contribution in [0.1, 0.15) is 40.0 Å². The van der Waals surface area contributed by atoms with Gasteiger partial charge in [-0.1, -0.05) is 43.7 Å². The maximum absolute atomic E-state index is 4.51. The van der Waals surface area contributed by atoms with E-state index in [2.05, 4.69) is 37.1 Å². The highest BCUT2D eigenvalue weighted by molar-refractivity contribution is 5.88. The molecule has 0 heterocycles. The third-order valence-electron chi connectivity index (χ3n) is 2.56. The highest BCUT2D eigenvalue weighted by Crippen LogP contribution is 2.18. The minimum atomic E-state index is 0.535. The van der Waals surface area contributed by atoms with Crippen LogP contribution in [-0.2, 0) is 0 Å². The van der Waals surface area contributed by atoms with Crippen molar-refractivity contribution in [1.82, 2.24) is 0 Å². The Labute approximate surface area is 93.3 Å². The van der Waals surface area contributed by atoms with Gasteiger partial charge in [0.05, 0.1) is 0 Å². The molecule has 1 aliphatic rings. The average molecular weight is 203 g/mol. The standard InChI is InChI=1S/C14H21N/c1-4-10-15-14(12(2)3)11-13-8-6-5-7-9-13/h4-6,8,10,12H,7,9,11H2,1-3H3/b10-4-,15-14?. The summed E-state index contributed by atoms with van der Waals surface area (Å²) in [5.41, 5.74) is 2.80. The fraction of sp³-hybridized carbons (Fsp3) is 0.500. The fourth-order valence-corrected chi connectivity index (χ4v) is 1.60. The highest BCUT2D eigenvalue weighted by Gasteiger charge is 2.08. The third kappa shape index (κ3) is 4.28. The van der Waals surface area contributed by atoms with E-state index in [9.17, 15) is 0 Å². The van der Waals surface area contributed by atoms with Crippen molar-refractivity contribution in [3.63, 3.8) is 0 Å². The summed E-state index contributed by atoms with van der Waals surface area (Å²) in [7, 11) is 0. The molecule has 82 valence electrons. The molecule has 0 N–H and O–H groups in total. The van der Waals surface area contributed by atoms with Crippen molar-refractivity contribution >= 4 is 5.71 Å². The molecule has 0 fully saturated rings. The Bertz CT molecular complexity index is 303. The van der Waals surface area contributed by atoms with Crippen LogP contribution in [0, 0.1) is 5.92 Å². The molecular formula is C14H21N. The van der Waals surface area contributed by atoms with Crippen LogP contribution in [-0.4, -0.2) is 5.71 Å². The summed E-state index contributed by atoms with van der Waals surface area (Å²) in [6.07, 6.45) is 13.9. The Morgan fingerprint density at radius 3 is 2.87 bits per heavy atom. The van der Waals surface area contributed by atoms with Crippen molar-refractivity contribution < 1.29 is 0 Å². The maximum atomic E-state index is 4.51. The van der Waals surface area contributed by atoms with Gasteiger partial charge in [-0.3, -0.25) is 4.99 Å². The Hall–Kier alpha value is -1.11. The van der Waals surface area contributed by atoms with Crippen LogP contribution < -0.4 is 0 Å². The number of allylic oxidation sites excluding steroid dienone is 5. The molecule has 0 aromatic rings. The van der Waals surface area contributed by atoms with Crippen molar-refractivity contribution in [2.45, 2.75) is 40.0 Å². The van der Waals surface area contributed by atoms with Gasteiger partial charge in [0.25, 0.3) is 0 Å². The van der Waals surface area contributed by atoms with E-state index >= 15 is 0 Å². The molecule has 0 aliphatic heterocycles. The highest BCUT2D eigenvalue weighted by atomic mass is 14.7. The van der Waals surface area contributed by atoms with Gasteiger partial charge in [-0.15, -0.1) is 0 Å². The van der Waals surface area contributed by atoms with Crippen molar-refractivity contribution in [2.75, 3.05) is 0 Å². The van der Waals surface area contributed by atoms with E-state index < -0.39 is 0 Å². The van der Waals surface area contributed by atoms with Crippen LogP contribution in [0.4, 0.5) is 0 Å². The summed E-state index contributed by atoms with van der Waals surface area (Å²) < 4.78 is 0. The summed E-state index contributed by atoms with van der Waals surface area (Å²) >= 11 is 0. The SMILES string of the molecule is C/C=C\N=C(CC1=CC=CCC1)C(C)C. The first kappa shape index (κ1) is 12.0. The van der Waals surface area contributed by atoms with Crippen molar-refractivity contribution in [2.24, 2.45) is 10.9 Å². The van der Waals surface area contributed by atoms with Gasteiger partial charge in [-0.25, -0.2) is 0 Å². The lowest BCUT2D eigenvalue weighted by atomic mass is 9.95. The zero-order chi connectivity index (χ0) is 11.1. The van der Waals surface area contributed by atoms with E-state index in [1.54, 1.807) is 0 Å². The van der Waals surface area contributed by atoms with Crippen LogP contribution in [0.25, 0.3) is 0 Å². The molecule has 15 heavy (non-hydrogen) atoms. The predicted molar refractivity (Wildman–Crippen MR) is 68.2 cm³/mol. The van der Waals surface area contributed by atoms with Crippen LogP contribution in [0.3, 0.4) is 0 Å². The van der Waals surface area contributed by atoms with Crippen molar-refractivity contribution in [3.05, 3.63) is 36.1 Å². The van der Waals surface area contributed by atoms with Gasteiger partial charge in [-0.05, 0) is 25.7 Å². The van der Waals surface area contributed by atoms with Crippen LogP contribution in [0.2, 0.25) is 0 Å². The van der Waals surface area contributed by atoms with Crippen LogP contribution in [0.15, 0.2) is 41.1 Å². The molecule has 0 bridgehead atoms. The lowest BCUT2D eigenvalue weighted by molar-refractivity contribution is 0.841. The molecule has 1 heteroatoms. The molecule has 0 atom stereocenters. The first-order chi connectivity index (χ1) is 7.24. The Kier molecular flexibility index (Phi) is 5.09. The maximum Gasteiger partial charge on any atom is 0.0244 e. The first-order valence-corrected chi connectivity index (χ1v) is 5.76. The second-order valence-corrected chi connectivity index (χ2v) is 4.23. The molecule has 0 spiro atoms. The summed E-state index contributed by atoms with van der Waals surface area (Å²) in [4.78, 5) is 4.51. The zero-order valence-corrected chi connectivity index (χ0v) is 10.0. The van der Waals surface area contributed by atoms with E-state index in [1.807, 2.05) is 19.2 Å². The summed E-state index contributed by atoms with van der Waals surface area (Å²) in [5, 5.41) is 0. The lowest BCUT2D eigenvalue weighted by Crippen LogP contribution is -2.09. The second-order valence-electron chi connectivity index (χ2n) is 4.23. The van der Waals surface area contributed by atoms with Crippen molar-refractivity contribution in [3.8, 4) is 0 Å². The zero-order valence-electron chi connectivity index (χ0n) is 10.0. The number of hydrogen-bond donors (Lipinski definition) is 0. The molecule has 0 saturated carbocycles.